The largest absolute Gasteiger partial charge is 0.493 e. The van der Waals surface area contributed by atoms with Crippen molar-refractivity contribution in [2.24, 2.45) is 16.8 Å². The van der Waals surface area contributed by atoms with Crippen molar-refractivity contribution in [2.75, 3.05) is 34.1 Å². The average Bonchev–Trinajstić information content (AvgIpc) is 4.23. The second kappa shape index (κ2) is 23.9. The molecule has 18 nitrogen and oxygen atoms in total. The van der Waals surface area contributed by atoms with Gasteiger partial charge >= 0.3 is 0 Å². The number of para-hydroxylation sites is 2. The number of unbranched alkanes of at least 4 members (excludes halogenated alkanes) is 1. The number of aliphatic hydroxyl groups is 1. The Balaban J connectivity index is 0.803. The van der Waals surface area contributed by atoms with Crippen LogP contribution in [0.1, 0.15) is 114 Å². The molecule has 10 rings (SSSR count). The third-order valence-electron chi connectivity index (χ3n) is 15.6. The van der Waals surface area contributed by atoms with Crippen molar-refractivity contribution in [3.05, 3.63) is 142 Å². The highest BCUT2D eigenvalue weighted by Crippen LogP contribution is 2.43. The highest BCUT2D eigenvalue weighted by molar-refractivity contribution is 6.15. The summed E-state index contributed by atoms with van der Waals surface area (Å²) < 4.78 is 18.7. The predicted octanol–water partition coefficient (Wildman–Crippen LogP) is 8.73. The van der Waals surface area contributed by atoms with Crippen LogP contribution >= 0.6 is 0 Å². The van der Waals surface area contributed by atoms with Crippen LogP contribution in [0, 0.1) is 18.8 Å². The fourth-order valence-corrected chi connectivity index (χ4v) is 11.2. The lowest BCUT2D eigenvalue weighted by atomic mass is 9.91. The topological polar surface area (TPSA) is 231 Å². The Morgan fingerprint density at radius 1 is 0.704 bits per heavy atom. The van der Waals surface area contributed by atoms with Crippen molar-refractivity contribution in [1.82, 2.24) is 4.90 Å². The first-order chi connectivity index (χ1) is 39.0. The fourth-order valence-electron chi connectivity index (χ4n) is 11.2. The van der Waals surface area contributed by atoms with Crippen LogP contribution in [0.25, 0.3) is 0 Å². The average molecular weight is 1100 g/mol. The number of ether oxygens (including phenoxy) is 3. The van der Waals surface area contributed by atoms with Crippen LogP contribution in [0.3, 0.4) is 0 Å². The fraction of sp³-hybridized carbons (Fsp3) is 0.349. The van der Waals surface area contributed by atoms with Gasteiger partial charge in [0.25, 0.3) is 23.6 Å². The van der Waals surface area contributed by atoms with E-state index in [4.69, 9.17) is 19.2 Å². The molecular weight excluding hydrogens is 1030 g/mol. The molecule has 0 bridgehead atoms. The van der Waals surface area contributed by atoms with Crippen LogP contribution in [0.2, 0.25) is 0 Å². The Kier molecular flexibility index (Phi) is 16.4. The number of hydrogen-bond acceptors (Lipinski definition) is 14. The molecule has 3 N–H and O–H groups in total. The van der Waals surface area contributed by atoms with Gasteiger partial charge in [-0.25, -0.2) is 0 Å². The molecule has 5 aliphatic heterocycles. The number of imide groups is 1. The smallest absolute Gasteiger partial charge is 0.261 e. The lowest BCUT2D eigenvalue weighted by molar-refractivity contribution is -0.137. The molecule has 5 heterocycles. The van der Waals surface area contributed by atoms with Gasteiger partial charge in [-0.15, -0.1) is 0 Å². The van der Waals surface area contributed by atoms with E-state index in [9.17, 15) is 43.5 Å². The minimum Gasteiger partial charge on any atom is -0.493 e. The highest BCUT2D eigenvalue weighted by Gasteiger charge is 2.42. The van der Waals surface area contributed by atoms with Crippen LogP contribution in [0.5, 0.6) is 17.2 Å². The molecule has 0 saturated carbocycles. The van der Waals surface area contributed by atoms with E-state index >= 15 is 0 Å². The molecule has 418 valence electrons. The first kappa shape index (κ1) is 55.5. The maximum Gasteiger partial charge on any atom is 0.261 e. The molecule has 81 heavy (non-hydrogen) atoms. The first-order valence-corrected chi connectivity index (χ1v) is 27.5. The zero-order chi connectivity index (χ0) is 57.1. The number of rotatable bonds is 23. The lowest BCUT2D eigenvalue weighted by Gasteiger charge is -2.26. The van der Waals surface area contributed by atoms with E-state index in [1.54, 1.807) is 66.3 Å². The second-order valence-corrected chi connectivity index (χ2v) is 21.5. The van der Waals surface area contributed by atoms with E-state index in [2.05, 4.69) is 10.6 Å². The number of amides is 5. The molecule has 0 fully saturated rings. The number of Topliss-reactive ketones (excluding diaryl/α,β-unsaturated/α-hetero) is 3. The maximum absolute atomic E-state index is 14.1. The summed E-state index contributed by atoms with van der Waals surface area (Å²) in [6.45, 7) is 5.32. The lowest BCUT2D eigenvalue weighted by Crippen LogP contribution is -2.45. The van der Waals surface area contributed by atoms with Gasteiger partial charge in [-0.05, 0) is 103 Å². The molecule has 0 aromatic heterocycles. The molecule has 5 aromatic carbocycles. The number of nitrogens with zero attached hydrogens (tertiary/aromatic N) is 4. The van der Waals surface area contributed by atoms with E-state index in [0.717, 1.165) is 27.4 Å². The summed E-state index contributed by atoms with van der Waals surface area (Å²) in [5.74, 6) is -2.29. The number of fused-ring (bicyclic) bond motifs is 8. The number of hydrogen-bond donors (Lipinski definition) is 3. The summed E-state index contributed by atoms with van der Waals surface area (Å²) in [5.41, 5.74) is 7.60. The minimum absolute atomic E-state index is 0.00768. The summed E-state index contributed by atoms with van der Waals surface area (Å²) in [5, 5.41) is 17.5. The number of ketones is 3. The number of aliphatic imine (C=N–C) groups is 1. The van der Waals surface area contributed by atoms with Crippen molar-refractivity contribution in [2.45, 2.75) is 117 Å². The van der Waals surface area contributed by atoms with Crippen molar-refractivity contribution in [1.29, 1.82) is 0 Å². The van der Waals surface area contributed by atoms with E-state index in [1.165, 1.54) is 19.3 Å². The van der Waals surface area contributed by atoms with Crippen molar-refractivity contribution >= 4 is 81.5 Å². The number of aliphatic hydroxyl groups excluding tert-OH is 1. The molecule has 18 heteroatoms. The molecule has 5 aliphatic rings. The van der Waals surface area contributed by atoms with Gasteiger partial charge in [-0.3, -0.25) is 53.1 Å². The van der Waals surface area contributed by atoms with Crippen LogP contribution in [0.4, 0.5) is 28.4 Å². The van der Waals surface area contributed by atoms with Crippen molar-refractivity contribution in [3.8, 4) is 17.2 Å². The van der Waals surface area contributed by atoms with Gasteiger partial charge in [-0.2, -0.15) is 0 Å². The van der Waals surface area contributed by atoms with Gasteiger partial charge in [0.1, 0.15) is 42.5 Å². The maximum atomic E-state index is 14.1. The van der Waals surface area contributed by atoms with E-state index < -0.39 is 30.0 Å². The van der Waals surface area contributed by atoms with Crippen molar-refractivity contribution < 1.29 is 57.7 Å². The van der Waals surface area contributed by atoms with E-state index in [1.807, 2.05) is 61.5 Å². The van der Waals surface area contributed by atoms with Crippen LogP contribution in [0.15, 0.2) is 108 Å². The highest BCUT2D eigenvalue weighted by atomic mass is 16.5. The van der Waals surface area contributed by atoms with Gasteiger partial charge in [0, 0.05) is 104 Å². The van der Waals surface area contributed by atoms with Crippen molar-refractivity contribution in [3.63, 3.8) is 0 Å². The predicted molar refractivity (Wildman–Crippen MR) is 303 cm³/mol. The molecule has 0 radical (unpaired) electrons. The number of carbonyl (C=O) groups excluding carboxylic acids is 8. The Labute approximate surface area is 469 Å². The van der Waals surface area contributed by atoms with Crippen LogP contribution < -0.4 is 34.6 Å². The number of methoxy groups -OCH3 is 1. The molecule has 5 atom stereocenters. The molecule has 5 aromatic rings. The summed E-state index contributed by atoms with van der Waals surface area (Å²) in [7, 11) is 1.49. The first-order valence-electron chi connectivity index (χ1n) is 27.5. The molecule has 3 unspecified atom stereocenters. The molecule has 0 aliphatic carbocycles. The standard InChI is InChI=1S/C63H64N6O12/c1-36(22-46(71)15-8-7-14-45(70)16-11-21-67-58(73)19-20-59(67)74)54(72)24-38(3)60(75)65-43-26-39(34-80-55-32-50-47(23-37(55)2)63(78)69-52-18-10-6-13-42(52)29-53(69)61(76)66-50)25-40(27-43)35-81-57-31-49-48(30-56(57)79-4)62(77)68-44(33-64-49)28-41-12-5-9-17-51(41)68/h5-6,9-10,12-13,17-20,23,25-27,30-33,36,38,44,53,61,66,76H,7-8,11,14-16,21-22,24,28-29,34-35H2,1-4H3,(H,65,75)/t36?,38?,44-,53-,61?/m0/s1. The summed E-state index contributed by atoms with van der Waals surface area (Å²) in [4.78, 5) is 114. The van der Waals surface area contributed by atoms with Gasteiger partial charge < -0.3 is 34.9 Å². The number of anilines is 4. The summed E-state index contributed by atoms with van der Waals surface area (Å²) >= 11 is 0. The normalized spacial score (nSPS) is 18.1. The van der Waals surface area contributed by atoms with Gasteiger partial charge in [0.15, 0.2) is 11.5 Å². The summed E-state index contributed by atoms with van der Waals surface area (Å²) in [6, 6.07) is 26.8. The van der Waals surface area contributed by atoms with E-state index in [0.29, 0.717) is 94.2 Å². The molecule has 5 amide bonds. The summed E-state index contributed by atoms with van der Waals surface area (Å²) in [6.07, 6.45) is 6.22. The molecular formula is C63H64N6O12. The number of aryl methyl sites for hydroxylation is 1. The molecule has 0 saturated heterocycles. The Morgan fingerprint density at radius 2 is 1.33 bits per heavy atom. The number of carbonyl (C=O) groups is 8. The Bertz CT molecular complexity index is 3420. The molecule has 0 spiro atoms. The third-order valence-corrected chi connectivity index (χ3v) is 15.6. The zero-order valence-corrected chi connectivity index (χ0v) is 45.7. The monoisotopic (exact) mass is 1100 g/mol. The number of benzene rings is 5. The van der Waals surface area contributed by atoms with E-state index in [-0.39, 0.29) is 98.9 Å². The third kappa shape index (κ3) is 12.1. The Morgan fingerprint density at radius 3 is 2.04 bits per heavy atom. The minimum atomic E-state index is -1.06. The zero-order valence-electron chi connectivity index (χ0n) is 45.7. The SMILES string of the molecule is COc1cc2c(cc1OCc1cc(COc3cc4c(cc3C)C(=O)N3c5ccccc5C[C@H]3C(O)N4)cc(NC(=O)C(C)CC(=O)C(C)CC(=O)CCCCC(=O)CCCN3C(=O)C=CC3=O)c1)N=C[C@@H]1Cc3ccccc3N1C2=O. The van der Waals surface area contributed by atoms with Gasteiger partial charge in [-0.1, -0.05) is 50.2 Å². The van der Waals surface area contributed by atoms with Crippen LogP contribution in [-0.4, -0.2) is 95.1 Å². The van der Waals surface area contributed by atoms with Crippen LogP contribution in [-0.2, 0) is 54.8 Å². The Hall–Kier alpha value is -8.77. The van der Waals surface area contributed by atoms with Gasteiger partial charge in [0.2, 0.25) is 5.91 Å². The van der Waals surface area contributed by atoms with Gasteiger partial charge in [0.05, 0.1) is 41.7 Å². The quantitative estimate of drug-likeness (QED) is 0.0411. The number of nitrogens with one attached hydrogen (secondary N) is 2. The second-order valence-electron chi connectivity index (χ2n) is 21.5.